The van der Waals surface area contributed by atoms with E-state index in [1.807, 2.05) is 0 Å². The van der Waals surface area contributed by atoms with Crippen LogP contribution in [0.25, 0.3) is 0 Å². The van der Waals surface area contributed by atoms with Crippen LogP contribution in [0.3, 0.4) is 0 Å². The van der Waals surface area contributed by atoms with Gasteiger partial charge in [0.2, 0.25) is 5.91 Å². The lowest BCUT2D eigenvalue weighted by Crippen LogP contribution is -2.52. The molecule has 3 heteroatoms. The molecule has 2 aliphatic carbocycles. The molecule has 18 heavy (non-hydrogen) atoms. The van der Waals surface area contributed by atoms with Gasteiger partial charge in [-0.2, -0.15) is 0 Å². The second kappa shape index (κ2) is 6.05. The Labute approximate surface area is 111 Å². The van der Waals surface area contributed by atoms with Crippen molar-refractivity contribution in [3.8, 4) is 0 Å². The van der Waals surface area contributed by atoms with Crippen LogP contribution in [0.5, 0.6) is 0 Å². The van der Waals surface area contributed by atoms with Gasteiger partial charge in [-0.1, -0.05) is 38.5 Å². The highest BCUT2D eigenvalue weighted by Crippen LogP contribution is 2.29. The van der Waals surface area contributed by atoms with Crippen LogP contribution in [-0.4, -0.2) is 17.5 Å². The molecule has 2 rings (SSSR count). The molecule has 0 radical (unpaired) electrons. The third-order valence-corrected chi connectivity index (χ3v) is 4.79. The molecule has 2 unspecified atom stereocenters. The van der Waals surface area contributed by atoms with Gasteiger partial charge in [-0.05, 0) is 32.6 Å². The van der Waals surface area contributed by atoms with E-state index in [1.165, 1.54) is 32.1 Å². The van der Waals surface area contributed by atoms with Crippen molar-refractivity contribution >= 4 is 5.91 Å². The monoisotopic (exact) mass is 252 g/mol. The summed E-state index contributed by atoms with van der Waals surface area (Å²) in [6.45, 7) is 2.20. The maximum Gasteiger partial charge on any atom is 0.225 e. The van der Waals surface area contributed by atoms with Crippen molar-refractivity contribution < 1.29 is 4.79 Å². The molecule has 2 atom stereocenters. The molecule has 0 heterocycles. The van der Waals surface area contributed by atoms with E-state index in [9.17, 15) is 4.79 Å². The first kappa shape index (κ1) is 13.9. The molecule has 0 aromatic rings. The van der Waals surface area contributed by atoms with Crippen LogP contribution in [0.4, 0.5) is 0 Å². The van der Waals surface area contributed by atoms with Crippen molar-refractivity contribution in [3.05, 3.63) is 0 Å². The molecule has 0 aromatic heterocycles. The number of hydrogen-bond donors (Lipinski definition) is 2. The summed E-state index contributed by atoms with van der Waals surface area (Å²) < 4.78 is 0. The number of carbonyl (C=O) groups is 1. The average Bonchev–Trinajstić information content (AvgIpc) is 2.54. The Balaban J connectivity index is 1.93. The fourth-order valence-corrected chi connectivity index (χ4v) is 3.51. The van der Waals surface area contributed by atoms with Crippen LogP contribution in [0.15, 0.2) is 0 Å². The molecule has 2 fully saturated rings. The number of carbonyl (C=O) groups excluding carboxylic acids is 1. The van der Waals surface area contributed by atoms with E-state index < -0.39 is 0 Å². The van der Waals surface area contributed by atoms with Gasteiger partial charge < -0.3 is 11.1 Å². The van der Waals surface area contributed by atoms with Gasteiger partial charge in [-0.25, -0.2) is 0 Å². The van der Waals surface area contributed by atoms with Gasteiger partial charge in [0, 0.05) is 11.6 Å². The summed E-state index contributed by atoms with van der Waals surface area (Å²) in [6.07, 6.45) is 11.6. The highest BCUT2D eigenvalue weighted by Gasteiger charge is 2.33. The zero-order valence-corrected chi connectivity index (χ0v) is 11.7. The standard InChI is InChI=1S/C15H28N2O/c1-15(10-6-3-7-11-15)17-14(18)12-8-4-2-5-9-13(12)16/h12-13H,2-11,16H2,1H3,(H,17,18). The predicted molar refractivity (Wildman–Crippen MR) is 74.2 cm³/mol. The molecule has 104 valence electrons. The van der Waals surface area contributed by atoms with Crippen LogP contribution in [0.2, 0.25) is 0 Å². The topological polar surface area (TPSA) is 55.1 Å². The predicted octanol–water partition coefficient (Wildman–Crippen LogP) is 2.73. The quantitative estimate of drug-likeness (QED) is 0.742. The SMILES string of the molecule is CC1(NC(=O)C2CCCCCC2N)CCCCC1. The van der Waals surface area contributed by atoms with Gasteiger partial charge in [0.1, 0.15) is 0 Å². The van der Waals surface area contributed by atoms with Gasteiger partial charge in [-0.3, -0.25) is 4.79 Å². The van der Waals surface area contributed by atoms with Crippen LogP contribution in [-0.2, 0) is 4.79 Å². The molecule has 2 saturated carbocycles. The lowest BCUT2D eigenvalue weighted by Gasteiger charge is -2.36. The van der Waals surface area contributed by atoms with Gasteiger partial charge in [0.15, 0.2) is 0 Å². The van der Waals surface area contributed by atoms with E-state index in [2.05, 4.69) is 12.2 Å². The fraction of sp³-hybridized carbons (Fsp3) is 0.933. The van der Waals surface area contributed by atoms with Crippen molar-refractivity contribution in [1.82, 2.24) is 5.32 Å². The van der Waals surface area contributed by atoms with Crippen molar-refractivity contribution in [2.45, 2.75) is 82.7 Å². The lowest BCUT2D eigenvalue weighted by molar-refractivity contribution is -0.128. The highest BCUT2D eigenvalue weighted by atomic mass is 16.2. The van der Waals surface area contributed by atoms with Crippen LogP contribution in [0, 0.1) is 5.92 Å². The molecule has 3 N–H and O–H groups in total. The second-order valence-corrected chi connectivity index (χ2v) is 6.52. The fourth-order valence-electron chi connectivity index (χ4n) is 3.51. The minimum atomic E-state index is 0.0291. The first-order valence-electron chi connectivity index (χ1n) is 7.68. The Morgan fingerprint density at radius 2 is 1.67 bits per heavy atom. The zero-order valence-electron chi connectivity index (χ0n) is 11.7. The van der Waals surface area contributed by atoms with E-state index in [1.54, 1.807) is 0 Å². The maximum atomic E-state index is 12.4. The van der Waals surface area contributed by atoms with Gasteiger partial charge in [-0.15, -0.1) is 0 Å². The molecule has 3 nitrogen and oxygen atoms in total. The Kier molecular flexibility index (Phi) is 4.66. The molecule has 0 aliphatic heterocycles. The molecule has 0 bridgehead atoms. The summed E-state index contributed by atoms with van der Waals surface area (Å²) in [4.78, 5) is 12.4. The Morgan fingerprint density at radius 1 is 1.06 bits per heavy atom. The van der Waals surface area contributed by atoms with Crippen molar-refractivity contribution in [1.29, 1.82) is 0 Å². The first-order chi connectivity index (χ1) is 8.61. The Bertz CT molecular complexity index is 284. The van der Waals surface area contributed by atoms with E-state index in [0.29, 0.717) is 0 Å². The molecule has 0 aromatic carbocycles. The van der Waals surface area contributed by atoms with Crippen LogP contribution >= 0.6 is 0 Å². The molecular formula is C15H28N2O. The van der Waals surface area contributed by atoms with Gasteiger partial charge in [0.05, 0.1) is 5.92 Å². The summed E-state index contributed by atoms with van der Waals surface area (Å²) in [5.74, 6) is 0.264. The first-order valence-corrected chi connectivity index (χ1v) is 7.68. The summed E-state index contributed by atoms with van der Waals surface area (Å²) in [5, 5.41) is 3.30. The third kappa shape index (κ3) is 3.47. The van der Waals surface area contributed by atoms with E-state index in [4.69, 9.17) is 5.73 Å². The zero-order chi connectivity index (χ0) is 13.0. The highest BCUT2D eigenvalue weighted by molar-refractivity contribution is 5.80. The van der Waals surface area contributed by atoms with E-state index in [0.717, 1.165) is 32.1 Å². The maximum absolute atomic E-state index is 12.4. The Morgan fingerprint density at radius 3 is 2.39 bits per heavy atom. The van der Waals surface area contributed by atoms with E-state index >= 15 is 0 Å². The third-order valence-electron chi connectivity index (χ3n) is 4.79. The van der Waals surface area contributed by atoms with Gasteiger partial charge >= 0.3 is 0 Å². The normalized spacial score (nSPS) is 32.6. The molecular weight excluding hydrogens is 224 g/mol. The van der Waals surface area contributed by atoms with Crippen molar-refractivity contribution in [2.75, 3.05) is 0 Å². The molecule has 1 amide bonds. The number of amides is 1. The number of nitrogens with two attached hydrogens (primary N) is 1. The largest absolute Gasteiger partial charge is 0.351 e. The lowest BCUT2D eigenvalue weighted by atomic mass is 9.82. The molecule has 0 spiro atoms. The summed E-state index contributed by atoms with van der Waals surface area (Å²) in [6, 6.07) is 0.0692. The molecule has 2 aliphatic rings. The summed E-state index contributed by atoms with van der Waals surface area (Å²) in [7, 11) is 0. The summed E-state index contributed by atoms with van der Waals surface area (Å²) in [5.41, 5.74) is 6.20. The molecule has 0 saturated heterocycles. The van der Waals surface area contributed by atoms with Crippen LogP contribution in [0.1, 0.15) is 71.1 Å². The second-order valence-electron chi connectivity index (χ2n) is 6.52. The van der Waals surface area contributed by atoms with Crippen molar-refractivity contribution in [2.24, 2.45) is 11.7 Å². The minimum absolute atomic E-state index is 0.0291. The summed E-state index contributed by atoms with van der Waals surface area (Å²) >= 11 is 0. The minimum Gasteiger partial charge on any atom is -0.351 e. The van der Waals surface area contributed by atoms with Crippen molar-refractivity contribution in [3.63, 3.8) is 0 Å². The smallest absolute Gasteiger partial charge is 0.225 e. The average molecular weight is 252 g/mol. The number of hydrogen-bond acceptors (Lipinski definition) is 2. The Hall–Kier alpha value is -0.570. The number of rotatable bonds is 2. The number of nitrogens with one attached hydrogen (secondary N) is 1. The van der Waals surface area contributed by atoms with Gasteiger partial charge in [0.25, 0.3) is 0 Å². The van der Waals surface area contributed by atoms with E-state index in [-0.39, 0.29) is 23.4 Å². The van der Waals surface area contributed by atoms with Crippen LogP contribution < -0.4 is 11.1 Å².